The van der Waals surface area contributed by atoms with Gasteiger partial charge in [0.05, 0.1) is 6.61 Å². The molecule has 0 amide bonds. The monoisotopic (exact) mass is 183 g/mol. The molecule has 1 aromatic heterocycles. The summed E-state index contributed by atoms with van der Waals surface area (Å²) < 4.78 is 7.18. The third-order valence-corrected chi connectivity index (χ3v) is 1.66. The Morgan fingerprint density at radius 2 is 2.31 bits per heavy atom. The molecule has 4 heteroatoms. The van der Waals surface area contributed by atoms with Crippen molar-refractivity contribution in [3.05, 3.63) is 11.8 Å². The van der Waals surface area contributed by atoms with Crippen molar-refractivity contribution >= 4 is 5.82 Å². The van der Waals surface area contributed by atoms with Crippen LogP contribution in [0.4, 0.5) is 5.82 Å². The SMILES string of the molecule is Cc1cc(N)nn1COCC(C)C. The largest absolute Gasteiger partial charge is 0.382 e. The number of aryl methyl sites for hydroxylation is 1. The van der Waals surface area contributed by atoms with Gasteiger partial charge in [0.15, 0.2) is 0 Å². The van der Waals surface area contributed by atoms with E-state index in [0.29, 0.717) is 18.5 Å². The number of rotatable bonds is 4. The van der Waals surface area contributed by atoms with Gasteiger partial charge in [0.1, 0.15) is 12.5 Å². The zero-order valence-corrected chi connectivity index (χ0v) is 8.45. The average molecular weight is 183 g/mol. The Labute approximate surface area is 78.7 Å². The fourth-order valence-electron chi connectivity index (χ4n) is 1.04. The van der Waals surface area contributed by atoms with Crippen molar-refractivity contribution in [2.24, 2.45) is 5.92 Å². The number of hydrogen-bond donors (Lipinski definition) is 1. The molecule has 0 bridgehead atoms. The van der Waals surface area contributed by atoms with Crippen molar-refractivity contribution in [1.29, 1.82) is 0 Å². The zero-order chi connectivity index (χ0) is 9.84. The fraction of sp³-hybridized carbons (Fsp3) is 0.667. The summed E-state index contributed by atoms with van der Waals surface area (Å²) >= 11 is 0. The first kappa shape index (κ1) is 10.1. The Bertz CT molecular complexity index is 268. The summed E-state index contributed by atoms with van der Waals surface area (Å²) in [6.07, 6.45) is 0. The van der Waals surface area contributed by atoms with Crippen LogP contribution in [-0.4, -0.2) is 16.4 Å². The van der Waals surface area contributed by atoms with Gasteiger partial charge in [-0.05, 0) is 12.8 Å². The van der Waals surface area contributed by atoms with Crippen molar-refractivity contribution in [1.82, 2.24) is 9.78 Å². The minimum atomic E-state index is 0.487. The van der Waals surface area contributed by atoms with Crippen LogP contribution in [0.1, 0.15) is 19.5 Å². The molecule has 0 radical (unpaired) electrons. The van der Waals surface area contributed by atoms with E-state index in [2.05, 4.69) is 18.9 Å². The maximum atomic E-state index is 5.52. The van der Waals surface area contributed by atoms with E-state index in [1.807, 2.05) is 13.0 Å². The number of anilines is 1. The predicted octanol–water partition coefficient (Wildman–Crippen LogP) is 1.40. The molecular formula is C9H17N3O. The molecule has 0 saturated carbocycles. The zero-order valence-electron chi connectivity index (χ0n) is 8.45. The summed E-state index contributed by atoms with van der Waals surface area (Å²) in [5, 5.41) is 4.08. The number of nitrogens with two attached hydrogens (primary N) is 1. The van der Waals surface area contributed by atoms with Crippen LogP contribution >= 0.6 is 0 Å². The van der Waals surface area contributed by atoms with Crippen LogP contribution < -0.4 is 5.73 Å². The van der Waals surface area contributed by atoms with E-state index < -0.39 is 0 Å². The van der Waals surface area contributed by atoms with E-state index in [1.165, 1.54) is 0 Å². The summed E-state index contributed by atoms with van der Waals surface area (Å²) in [7, 11) is 0. The molecule has 2 N–H and O–H groups in total. The molecule has 1 rings (SSSR count). The molecule has 1 heterocycles. The predicted molar refractivity (Wildman–Crippen MR) is 52.2 cm³/mol. The molecular weight excluding hydrogens is 166 g/mol. The van der Waals surface area contributed by atoms with E-state index >= 15 is 0 Å². The number of nitrogen functional groups attached to an aromatic ring is 1. The Morgan fingerprint density at radius 3 is 2.77 bits per heavy atom. The van der Waals surface area contributed by atoms with Crippen LogP contribution in [-0.2, 0) is 11.5 Å². The molecule has 0 aliphatic carbocycles. The van der Waals surface area contributed by atoms with Gasteiger partial charge in [0.25, 0.3) is 0 Å². The van der Waals surface area contributed by atoms with E-state index in [1.54, 1.807) is 4.68 Å². The first-order chi connectivity index (χ1) is 6.09. The third kappa shape index (κ3) is 3.06. The highest BCUT2D eigenvalue weighted by Gasteiger charge is 2.01. The summed E-state index contributed by atoms with van der Waals surface area (Å²) in [4.78, 5) is 0. The van der Waals surface area contributed by atoms with E-state index in [-0.39, 0.29) is 0 Å². The molecule has 74 valence electrons. The van der Waals surface area contributed by atoms with Crippen LogP contribution in [0.15, 0.2) is 6.07 Å². The summed E-state index contributed by atoms with van der Waals surface area (Å²) in [6, 6.07) is 1.83. The second-order valence-electron chi connectivity index (χ2n) is 3.60. The van der Waals surface area contributed by atoms with Gasteiger partial charge in [-0.1, -0.05) is 13.8 Å². The highest BCUT2D eigenvalue weighted by Crippen LogP contribution is 2.04. The molecule has 1 aromatic rings. The van der Waals surface area contributed by atoms with E-state index in [4.69, 9.17) is 10.5 Å². The smallest absolute Gasteiger partial charge is 0.145 e. The average Bonchev–Trinajstić information content (AvgIpc) is 2.29. The lowest BCUT2D eigenvalue weighted by atomic mass is 10.2. The van der Waals surface area contributed by atoms with Gasteiger partial charge >= 0.3 is 0 Å². The Hall–Kier alpha value is -1.03. The van der Waals surface area contributed by atoms with Gasteiger partial charge in [-0.3, -0.25) is 0 Å². The van der Waals surface area contributed by atoms with Crippen LogP contribution in [0.2, 0.25) is 0 Å². The van der Waals surface area contributed by atoms with Crippen molar-refractivity contribution in [3.63, 3.8) is 0 Å². The van der Waals surface area contributed by atoms with E-state index in [0.717, 1.165) is 12.3 Å². The lowest BCUT2D eigenvalue weighted by Gasteiger charge is -2.07. The molecule has 0 fully saturated rings. The summed E-state index contributed by atoms with van der Waals surface area (Å²) in [6.45, 7) is 7.43. The van der Waals surface area contributed by atoms with Gasteiger partial charge in [0, 0.05) is 11.8 Å². The van der Waals surface area contributed by atoms with Crippen molar-refractivity contribution < 1.29 is 4.74 Å². The number of ether oxygens (including phenoxy) is 1. The third-order valence-electron chi connectivity index (χ3n) is 1.66. The number of aromatic nitrogens is 2. The number of hydrogen-bond acceptors (Lipinski definition) is 3. The minimum absolute atomic E-state index is 0.487. The van der Waals surface area contributed by atoms with Gasteiger partial charge in [0.2, 0.25) is 0 Å². The molecule has 0 aromatic carbocycles. The Kier molecular flexibility index (Phi) is 3.31. The highest BCUT2D eigenvalue weighted by molar-refractivity contribution is 5.28. The van der Waals surface area contributed by atoms with Gasteiger partial charge in [-0.2, -0.15) is 5.10 Å². The topological polar surface area (TPSA) is 53.1 Å². The van der Waals surface area contributed by atoms with Crippen molar-refractivity contribution in [2.75, 3.05) is 12.3 Å². The maximum absolute atomic E-state index is 5.52. The molecule has 0 aliphatic heterocycles. The first-order valence-electron chi connectivity index (χ1n) is 4.47. The van der Waals surface area contributed by atoms with Gasteiger partial charge in [-0.25, -0.2) is 4.68 Å². The summed E-state index contributed by atoms with van der Waals surface area (Å²) in [5.41, 5.74) is 6.55. The fourth-order valence-corrected chi connectivity index (χ4v) is 1.04. The van der Waals surface area contributed by atoms with E-state index in [9.17, 15) is 0 Å². The standard InChI is InChI=1S/C9H17N3O/c1-7(2)5-13-6-12-8(3)4-9(10)11-12/h4,7H,5-6H2,1-3H3,(H2,10,11). The molecule has 0 spiro atoms. The Morgan fingerprint density at radius 1 is 1.62 bits per heavy atom. The molecule has 4 nitrogen and oxygen atoms in total. The van der Waals surface area contributed by atoms with Crippen LogP contribution in [0, 0.1) is 12.8 Å². The van der Waals surface area contributed by atoms with Crippen LogP contribution in [0.5, 0.6) is 0 Å². The van der Waals surface area contributed by atoms with Crippen molar-refractivity contribution in [3.8, 4) is 0 Å². The van der Waals surface area contributed by atoms with Gasteiger partial charge < -0.3 is 10.5 Å². The van der Waals surface area contributed by atoms with Crippen LogP contribution in [0.3, 0.4) is 0 Å². The van der Waals surface area contributed by atoms with Crippen LogP contribution in [0.25, 0.3) is 0 Å². The molecule has 0 unspecified atom stereocenters. The second-order valence-corrected chi connectivity index (χ2v) is 3.60. The highest BCUT2D eigenvalue weighted by atomic mass is 16.5. The quantitative estimate of drug-likeness (QED) is 0.767. The lowest BCUT2D eigenvalue weighted by Crippen LogP contribution is -2.09. The molecule has 0 atom stereocenters. The normalized spacial score (nSPS) is 11.1. The molecule has 0 aliphatic rings. The number of nitrogens with zero attached hydrogens (tertiary/aromatic N) is 2. The Balaban J connectivity index is 2.40. The second kappa shape index (κ2) is 4.28. The minimum Gasteiger partial charge on any atom is -0.382 e. The van der Waals surface area contributed by atoms with Gasteiger partial charge in [-0.15, -0.1) is 0 Å². The van der Waals surface area contributed by atoms with Crippen molar-refractivity contribution in [2.45, 2.75) is 27.5 Å². The maximum Gasteiger partial charge on any atom is 0.145 e. The molecule has 13 heavy (non-hydrogen) atoms. The lowest BCUT2D eigenvalue weighted by molar-refractivity contribution is 0.0495. The summed E-state index contributed by atoms with van der Waals surface area (Å²) in [5.74, 6) is 1.10. The molecule has 0 saturated heterocycles. The first-order valence-corrected chi connectivity index (χ1v) is 4.47.